The van der Waals surface area contributed by atoms with Gasteiger partial charge < -0.3 is 14.9 Å². The normalized spacial score (nSPS) is 26.8. The van der Waals surface area contributed by atoms with Gasteiger partial charge in [0.05, 0.1) is 11.5 Å². The molecule has 2 heterocycles. The highest BCUT2D eigenvalue weighted by molar-refractivity contribution is 7.91. The van der Waals surface area contributed by atoms with E-state index in [1.165, 1.54) is 4.90 Å². The Balaban J connectivity index is 2.20. The number of carboxylic acids is 1. The number of amides is 2. The van der Waals surface area contributed by atoms with Gasteiger partial charge in [0.25, 0.3) is 0 Å². The van der Waals surface area contributed by atoms with E-state index in [9.17, 15) is 18.0 Å². The van der Waals surface area contributed by atoms with Crippen LogP contribution >= 0.6 is 0 Å². The number of rotatable bonds is 3. The van der Waals surface area contributed by atoms with Gasteiger partial charge in [-0.25, -0.2) is 13.2 Å². The molecule has 8 heteroatoms. The van der Waals surface area contributed by atoms with Gasteiger partial charge in [-0.3, -0.25) is 4.79 Å². The van der Waals surface area contributed by atoms with Crippen LogP contribution in [0.4, 0.5) is 4.79 Å². The van der Waals surface area contributed by atoms with Crippen molar-refractivity contribution in [1.82, 2.24) is 9.80 Å². The first-order valence-corrected chi connectivity index (χ1v) is 8.95. The molecule has 1 N–H and O–H groups in total. The molecule has 2 amide bonds. The van der Waals surface area contributed by atoms with Crippen LogP contribution < -0.4 is 0 Å². The van der Waals surface area contributed by atoms with Crippen molar-refractivity contribution in [3.05, 3.63) is 0 Å². The average Bonchev–Trinajstić information content (AvgIpc) is 2.87. The molecule has 1 unspecified atom stereocenters. The lowest BCUT2D eigenvalue weighted by Crippen LogP contribution is -2.54. The topological polar surface area (TPSA) is 95.0 Å². The predicted octanol–water partition coefficient (Wildman–Crippen LogP) is 0.555. The van der Waals surface area contributed by atoms with Gasteiger partial charge in [-0.15, -0.1) is 0 Å². The van der Waals surface area contributed by atoms with Crippen LogP contribution in [0.3, 0.4) is 0 Å². The minimum atomic E-state index is -3.17. The highest BCUT2D eigenvalue weighted by Gasteiger charge is 2.42. The maximum Gasteiger partial charge on any atom is 0.323 e. The smallest absolute Gasteiger partial charge is 0.323 e. The monoisotopic (exact) mass is 318 g/mol. The van der Waals surface area contributed by atoms with E-state index in [0.717, 1.165) is 12.8 Å². The Morgan fingerprint density at radius 1 is 1.38 bits per heavy atom. The third-order valence-electron chi connectivity index (χ3n) is 4.33. The van der Waals surface area contributed by atoms with Gasteiger partial charge in [0.2, 0.25) is 0 Å². The molecular weight excluding hydrogens is 296 g/mol. The fourth-order valence-electron chi connectivity index (χ4n) is 3.14. The van der Waals surface area contributed by atoms with Crippen LogP contribution in [-0.2, 0) is 14.6 Å². The first-order valence-electron chi connectivity index (χ1n) is 7.13. The van der Waals surface area contributed by atoms with Crippen molar-refractivity contribution in [2.45, 2.75) is 44.7 Å². The van der Waals surface area contributed by atoms with E-state index >= 15 is 0 Å². The second kappa shape index (κ2) is 5.47. The molecule has 2 aliphatic rings. The largest absolute Gasteiger partial charge is 0.480 e. The number of sulfone groups is 1. The van der Waals surface area contributed by atoms with Gasteiger partial charge in [0.15, 0.2) is 9.84 Å². The minimum absolute atomic E-state index is 0.0183. The molecule has 120 valence electrons. The Morgan fingerprint density at radius 3 is 2.48 bits per heavy atom. The molecule has 0 aromatic carbocycles. The molecule has 2 rings (SSSR count). The Hall–Kier alpha value is -1.31. The maximum absolute atomic E-state index is 12.7. The van der Waals surface area contributed by atoms with Crippen LogP contribution in [0.2, 0.25) is 0 Å². The molecule has 21 heavy (non-hydrogen) atoms. The zero-order valence-corrected chi connectivity index (χ0v) is 13.2. The lowest BCUT2D eigenvalue weighted by molar-refractivity contribution is -0.138. The van der Waals surface area contributed by atoms with Crippen LogP contribution in [0.5, 0.6) is 0 Å². The summed E-state index contributed by atoms with van der Waals surface area (Å²) in [5, 5.41) is 9.03. The molecule has 1 atom stereocenters. The SMILES string of the molecule is CC1(C)CCCN1C(=O)N(CC(=O)O)C1CCS(=O)(=O)C1. The Morgan fingerprint density at radius 2 is 2.05 bits per heavy atom. The molecular formula is C13H22N2O5S. The molecule has 0 saturated carbocycles. The molecule has 0 spiro atoms. The lowest BCUT2D eigenvalue weighted by atomic mass is 10.0. The summed E-state index contributed by atoms with van der Waals surface area (Å²) in [4.78, 5) is 26.6. The van der Waals surface area contributed by atoms with Gasteiger partial charge in [-0.1, -0.05) is 0 Å². The summed E-state index contributed by atoms with van der Waals surface area (Å²) in [6.07, 6.45) is 2.06. The van der Waals surface area contributed by atoms with Crippen LogP contribution in [-0.4, -0.2) is 71.5 Å². The average molecular weight is 318 g/mol. The van der Waals surface area contributed by atoms with E-state index in [4.69, 9.17) is 5.11 Å². The van der Waals surface area contributed by atoms with Gasteiger partial charge in [0.1, 0.15) is 6.54 Å². The third-order valence-corrected chi connectivity index (χ3v) is 6.08. The Bertz CT molecular complexity index is 543. The number of likely N-dealkylation sites (tertiary alicyclic amines) is 1. The van der Waals surface area contributed by atoms with Gasteiger partial charge in [-0.2, -0.15) is 0 Å². The van der Waals surface area contributed by atoms with Crippen LogP contribution in [0.1, 0.15) is 33.1 Å². The molecule has 7 nitrogen and oxygen atoms in total. The summed E-state index contributed by atoms with van der Waals surface area (Å²) in [6, 6.07) is -0.892. The summed E-state index contributed by atoms with van der Waals surface area (Å²) in [6.45, 7) is 4.03. The summed E-state index contributed by atoms with van der Waals surface area (Å²) < 4.78 is 23.2. The van der Waals surface area contributed by atoms with Crippen LogP contribution in [0, 0.1) is 0 Å². The van der Waals surface area contributed by atoms with E-state index in [2.05, 4.69) is 0 Å². The molecule has 2 saturated heterocycles. The summed E-state index contributed by atoms with van der Waals surface area (Å²) in [7, 11) is -3.17. The van der Waals surface area contributed by atoms with Crippen molar-refractivity contribution < 1.29 is 23.1 Å². The molecule has 0 bridgehead atoms. The summed E-state index contributed by atoms with van der Waals surface area (Å²) in [5.41, 5.74) is -0.314. The third kappa shape index (κ3) is 3.48. The zero-order chi connectivity index (χ0) is 15.8. The molecule has 0 aliphatic carbocycles. The molecule has 0 aromatic rings. The maximum atomic E-state index is 12.7. The number of nitrogens with zero attached hydrogens (tertiary/aromatic N) is 2. The Labute approximate surface area is 124 Å². The van der Waals surface area contributed by atoms with Crippen LogP contribution in [0.25, 0.3) is 0 Å². The quantitative estimate of drug-likeness (QED) is 0.820. The van der Waals surface area contributed by atoms with Crippen molar-refractivity contribution in [1.29, 1.82) is 0 Å². The van der Waals surface area contributed by atoms with E-state index in [-0.39, 0.29) is 23.1 Å². The first kappa shape index (κ1) is 16.1. The molecule has 0 aromatic heterocycles. The highest BCUT2D eigenvalue weighted by Crippen LogP contribution is 2.30. The minimum Gasteiger partial charge on any atom is -0.480 e. The summed E-state index contributed by atoms with van der Waals surface area (Å²) in [5.74, 6) is -1.24. The van der Waals surface area contributed by atoms with Gasteiger partial charge in [0, 0.05) is 18.1 Å². The molecule has 2 fully saturated rings. The van der Waals surface area contributed by atoms with E-state index in [1.54, 1.807) is 4.90 Å². The molecule has 2 aliphatic heterocycles. The van der Waals surface area contributed by atoms with Crippen molar-refractivity contribution >= 4 is 21.8 Å². The van der Waals surface area contributed by atoms with Crippen molar-refractivity contribution in [2.24, 2.45) is 0 Å². The number of aliphatic carboxylic acids is 1. The number of hydrogen-bond acceptors (Lipinski definition) is 4. The number of carbonyl (C=O) groups excluding carboxylic acids is 1. The lowest BCUT2D eigenvalue weighted by Gasteiger charge is -2.37. The van der Waals surface area contributed by atoms with E-state index in [1.807, 2.05) is 13.8 Å². The summed E-state index contributed by atoms with van der Waals surface area (Å²) >= 11 is 0. The number of hydrogen-bond donors (Lipinski definition) is 1. The number of carbonyl (C=O) groups is 2. The predicted molar refractivity (Wildman–Crippen MR) is 76.8 cm³/mol. The molecule has 0 radical (unpaired) electrons. The van der Waals surface area contributed by atoms with Gasteiger partial charge >= 0.3 is 12.0 Å². The van der Waals surface area contributed by atoms with Gasteiger partial charge in [-0.05, 0) is 33.1 Å². The van der Waals surface area contributed by atoms with E-state index in [0.29, 0.717) is 13.0 Å². The fraction of sp³-hybridized carbons (Fsp3) is 0.846. The number of carboxylic acid groups (broad SMARTS) is 1. The first-order chi connectivity index (χ1) is 9.62. The van der Waals surface area contributed by atoms with Crippen molar-refractivity contribution in [3.8, 4) is 0 Å². The van der Waals surface area contributed by atoms with Crippen molar-refractivity contribution in [2.75, 3.05) is 24.6 Å². The number of urea groups is 1. The van der Waals surface area contributed by atoms with Crippen molar-refractivity contribution in [3.63, 3.8) is 0 Å². The fourth-order valence-corrected chi connectivity index (χ4v) is 4.87. The zero-order valence-electron chi connectivity index (χ0n) is 12.4. The van der Waals surface area contributed by atoms with Crippen LogP contribution in [0.15, 0.2) is 0 Å². The standard InChI is InChI=1S/C13H22N2O5S/c1-13(2)5-3-6-15(13)12(18)14(8-11(16)17)10-4-7-21(19,20)9-10/h10H,3-9H2,1-2H3,(H,16,17). The highest BCUT2D eigenvalue weighted by atomic mass is 32.2. The Kier molecular flexibility index (Phi) is 4.19. The second-order valence-electron chi connectivity index (χ2n) is 6.43. The second-order valence-corrected chi connectivity index (χ2v) is 8.66. The van der Waals surface area contributed by atoms with E-state index < -0.39 is 28.4 Å².